The first-order valence-corrected chi connectivity index (χ1v) is 5.63. The van der Waals surface area contributed by atoms with Crippen LogP contribution in [0.2, 0.25) is 5.02 Å². The first kappa shape index (κ1) is 9.55. The van der Waals surface area contributed by atoms with Gasteiger partial charge in [-0.2, -0.15) is 0 Å². The van der Waals surface area contributed by atoms with E-state index in [4.69, 9.17) is 11.6 Å². The molecule has 0 radical (unpaired) electrons. The summed E-state index contributed by atoms with van der Waals surface area (Å²) in [5.74, 6) is 0. The highest BCUT2D eigenvalue weighted by Gasteiger charge is 2.16. The minimum Gasteiger partial charge on any atom is -0.379 e. The highest BCUT2D eigenvalue weighted by Crippen LogP contribution is 2.24. The summed E-state index contributed by atoms with van der Waals surface area (Å²) in [6.45, 7) is 2.06. The molecule has 1 saturated heterocycles. The molecule has 0 atom stereocenters. The Morgan fingerprint density at radius 1 is 1.46 bits per heavy atom. The molecule has 2 rings (SSSR count). The quantitative estimate of drug-likeness (QED) is 0.820. The monoisotopic (exact) mass is 308 g/mol. The summed E-state index contributed by atoms with van der Waals surface area (Å²) in [6.07, 6.45) is 0. The molecule has 70 valence electrons. The minimum atomic E-state index is 0.538. The molecule has 0 bridgehead atoms. The van der Waals surface area contributed by atoms with Gasteiger partial charge in [0.1, 0.15) is 0 Å². The van der Waals surface area contributed by atoms with E-state index < -0.39 is 0 Å². The van der Waals surface area contributed by atoms with Crippen molar-refractivity contribution in [1.29, 1.82) is 0 Å². The van der Waals surface area contributed by atoms with E-state index in [1.54, 1.807) is 0 Å². The minimum absolute atomic E-state index is 0.538. The first-order chi connectivity index (χ1) is 6.25. The van der Waals surface area contributed by atoms with E-state index >= 15 is 0 Å². The predicted octanol–water partition coefficient (Wildman–Crippen LogP) is 2.33. The third-order valence-electron chi connectivity index (χ3n) is 2.07. The topological polar surface area (TPSA) is 24.1 Å². The lowest BCUT2D eigenvalue weighted by atomic mass is 10.1. The predicted molar refractivity (Wildman–Crippen MR) is 64.4 cm³/mol. The van der Waals surface area contributed by atoms with Crippen molar-refractivity contribution in [2.75, 3.05) is 18.4 Å². The van der Waals surface area contributed by atoms with Crippen LogP contribution in [0.15, 0.2) is 18.2 Å². The van der Waals surface area contributed by atoms with Crippen molar-refractivity contribution < 1.29 is 0 Å². The molecule has 0 aliphatic carbocycles. The molecule has 2 N–H and O–H groups in total. The van der Waals surface area contributed by atoms with Gasteiger partial charge in [-0.3, -0.25) is 0 Å². The van der Waals surface area contributed by atoms with Crippen LogP contribution in [0, 0.1) is 3.57 Å². The van der Waals surface area contributed by atoms with Gasteiger partial charge in [-0.15, -0.1) is 0 Å². The van der Waals surface area contributed by atoms with Gasteiger partial charge < -0.3 is 10.6 Å². The van der Waals surface area contributed by atoms with Gasteiger partial charge in [-0.05, 0) is 40.8 Å². The van der Waals surface area contributed by atoms with Gasteiger partial charge in [-0.25, -0.2) is 0 Å². The summed E-state index contributed by atoms with van der Waals surface area (Å²) in [5, 5.41) is 7.39. The van der Waals surface area contributed by atoms with Crippen LogP contribution in [0.25, 0.3) is 0 Å². The lowest BCUT2D eigenvalue weighted by Crippen LogP contribution is -2.51. The molecule has 0 amide bonds. The lowest BCUT2D eigenvalue weighted by Gasteiger charge is -2.29. The fraction of sp³-hybridized carbons (Fsp3) is 0.333. The molecule has 1 fully saturated rings. The number of rotatable bonds is 2. The molecule has 0 spiro atoms. The molecule has 2 nitrogen and oxygen atoms in total. The Bertz CT molecular complexity index is 312. The average Bonchev–Trinajstić information content (AvgIpc) is 2.03. The van der Waals surface area contributed by atoms with Gasteiger partial charge in [-0.1, -0.05) is 11.6 Å². The molecular weight excluding hydrogens is 298 g/mol. The van der Waals surface area contributed by atoms with Crippen LogP contribution in [-0.2, 0) is 0 Å². The zero-order chi connectivity index (χ0) is 9.26. The maximum absolute atomic E-state index is 6.04. The van der Waals surface area contributed by atoms with Gasteiger partial charge in [0.15, 0.2) is 0 Å². The van der Waals surface area contributed by atoms with Gasteiger partial charge in [0.2, 0.25) is 0 Å². The Kier molecular flexibility index (Phi) is 2.96. The summed E-state index contributed by atoms with van der Waals surface area (Å²) >= 11 is 8.32. The normalized spacial score (nSPS) is 16.8. The molecule has 1 aromatic carbocycles. The maximum Gasteiger partial charge on any atom is 0.0638 e. The number of anilines is 1. The van der Waals surface area contributed by atoms with Crippen molar-refractivity contribution in [2.24, 2.45) is 0 Å². The SMILES string of the molecule is Clc1ccc(I)cc1NC1CNC1. The fourth-order valence-corrected chi connectivity index (χ4v) is 1.88. The number of nitrogens with one attached hydrogen (secondary N) is 2. The Labute approximate surface area is 96.2 Å². The largest absolute Gasteiger partial charge is 0.379 e. The smallest absolute Gasteiger partial charge is 0.0638 e. The molecule has 4 heteroatoms. The first-order valence-electron chi connectivity index (χ1n) is 4.18. The zero-order valence-corrected chi connectivity index (χ0v) is 9.89. The zero-order valence-electron chi connectivity index (χ0n) is 6.98. The third-order valence-corrected chi connectivity index (χ3v) is 3.07. The van der Waals surface area contributed by atoms with Gasteiger partial charge in [0.05, 0.1) is 16.8 Å². The van der Waals surface area contributed by atoms with Crippen LogP contribution in [0.5, 0.6) is 0 Å². The van der Waals surface area contributed by atoms with Crippen LogP contribution in [0.1, 0.15) is 0 Å². The van der Waals surface area contributed by atoms with E-state index in [1.807, 2.05) is 12.1 Å². The van der Waals surface area contributed by atoms with Crippen LogP contribution in [0.3, 0.4) is 0 Å². The number of benzene rings is 1. The van der Waals surface area contributed by atoms with E-state index in [9.17, 15) is 0 Å². The second-order valence-corrected chi connectivity index (χ2v) is 4.78. The average molecular weight is 309 g/mol. The summed E-state index contributed by atoms with van der Waals surface area (Å²) in [6, 6.07) is 6.54. The van der Waals surface area contributed by atoms with Crippen molar-refractivity contribution in [3.8, 4) is 0 Å². The standard InChI is InChI=1S/C9H10ClIN2/c10-8-2-1-6(11)3-9(8)13-7-4-12-5-7/h1-3,7,12-13H,4-5H2. The van der Waals surface area contributed by atoms with E-state index in [0.717, 1.165) is 23.8 Å². The molecule has 1 aliphatic rings. The molecule has 0 saturated carbocycles. The highest BCUT2D eigenvalue weighted by atomic mass is 127. The van der Waals surface area contributed by atoms with Crippen molar-refractivity contribution in [3.05, 3.63) is 26.8 Å². The Morgan fingerprint density at radius 2 is 2.23 bits per heavy atom. The van der Waals surface area contributed by atoms with E-state index in [0.29, 0.717) is 6.04 Å². The highest BCUT2D eigenvalue weighted by molar-refractivity contribution is 14.1. The molecule has 0 aromatic heterocycles. The molecule has 1 aromatic rings. The van der Waals surface area contributed by atoms with Gasteiger partial charge >= 0.3 is 0 Å². The maximum atomic E-state index is 6.04. The summed E-state index contributed by atoms with van der Waals surface area (Å²) in [7, 11) is 0. The van der Waals surface area contributed by atoms with Gasteiger partial charge in [0, 0.05) is 16.7 Å². The fourth-order valence-electron chi connectivity index (χ4n) is 1.22. The van der Waals surface area contributed by atoms with E-state index in [2.05, 4.69) is 39.3 Å². The van der Waals surface area contributed by atoms with Gasteiger partial charge in [0.25, 0.3) is 0 Å². The van der Waals surface area contributed by atoms with Crippen molar-refractivity contribution in [2.45, 2.75) is 6.04 Å². The second kappa shape index (κ2) is 4.02. The Morgan fingerprint density at radius 3 is 2.85 bits per heavy atom. The molecular formula is C9H10ClIN2. The van der Waals surface area contributed by atoms with E-state index in [1.165, 1.54) is 3.57 Å². The molecule has 1 aliphatic heterocycles. The van der Waals surface area contributed by atoms with E-state index in [-0.39, 0.29) is 0 Å². The van der Waals surface area contributed by atoms with Crippen molar-refractivity contribution >= 4 is 39.9 Å². The van der Waals surface area contributed by atoms with Crippen LogP contribution < -0.4 is 10.6 Å². The molecule has 0 unspecified atom stereocenters. The number of hydrogen-bond acceptors (Lipinski definition) is 2. The van der Waals surface area contributed by atoms with Crippen molar-refractivity contribution in [1.82, 2.24) is 5.32 Å². The van der Waals surface area contributed by atoms with Crippen LogP contribution in [-0.4, -0.2) is 19.1 Å². The summed E-state index contributed by atoms with van der Waals surface area (Å²) < 4.78 is 1.21. The van der Waals surface area contributed by atoms with Crippen LogP contribution >= 0.6 is 34.2 Å². The Balaban J connectivity index is 2.13. The second-order valence-electron chi connectivity index (χ2n) is 3.12. The van der Waals surface area contributed by atoms with Crippen LogP contribution in [0.4, 0.5) is 5.69 Å². The Hall–Kier alpha value is -0.0000000000000000763. The molecule has 13 heavy (non-hydrogen) atoms. The summed E-state index contributed by atoms with van der Waals surface area (Å²) in [4.78, 5) is 0. The number of hydrogen-bond donors (Lipinski definition) is 2. The van der Waals surface area contributed by atoms with Crippen molar-refractivity contribution in [3.63, 3.8) is 0 Å². The summed E-state index contributed by atoms with van der Waals surface area (Å²) in [5.41, 5.74) is 1.04. The molecule has 1 heterocycles. The number of halogens is 2. The lowest BCUT2D eigenvalue weighted by molar-refractivity contribution is 0.472. The third kappa shape index (κ3) is 2.27.